The Morgan fingerprint density at radius 2 is 0.667 bits per heavy atom. The van der Waals surface area contributed by atoms with Crippen LogP contribution in [-0.2, 0) is 0 Å². The Labute approximate surface area is 349 Å². The maximum atomic E-state index is 6.21. The van der Waals surface area contributed by atoms with Crippen LogP contribution in [0.2, 0.25) is 0 Å². The molecule has 2 heteroatoms. The zero-order valence-electron chi connectivity index (χ0n) is 32.9. The topological polar surface area (TPSA) is 16.4 Å². The first-order valence-corrected chi connectivity index (χ1v) is 20.5. The number of rotatable bonds is 8. The molecule has 11 rings (SSSR count). The number of hydrogen-bond donors (Lipinski definition) is 0. The molecule has 2 nitrogen and oxygen atoms in total. The molecule has 0 bridgehead atoms. The van der Waals surface area contributed by atoms with Crippen LogP contribution in [0.3, 0.4) is 0 Å². The van der Waals surface area contributed by atoms with E-state index in [1.165, 1.54) is 55.3 Å². The normalized spacial score (nSPS) is 11.3. The van der Waals surface area contributed by atoms with E-state index in [4.69, 9.17) is 4.42 Å². The molecule has 60 heavy (non-hydrogen) atoms. The molecule has 11 aromatic rings. The second-order valence-corrected chi connectivity index (χ2v) is 15.2. The molecule has 0 unspecified atom stereocenters. The van der Waals surface area contributed by atoms with Gasteiger partial charge in [-0.1, -0.05) is 182 Å². The third-order valence-electron chi connectivity index (χ3n) is 11.6. The number of fused-ring (bicyclic) bond motifs is 4. The van der Waals surface area contributed by atoms with Crippen LogP contribution in [-0.4, -0.2) is 0 Å². The van der Waals surface area contributed by atoms with Gasteiger partial charge in [-0.25, -0.2) is 0 Å². The minimum Gasteiger partial charge on any atom is -0.456 e. The third kappa shape index (κ3) is 6.23. The van der Waals surface area contributed by atoms with Crippen LogP contribution < -0.4 is 4.90 Å². The predicted molar refractivity (Wildman–Crippen MR) is 253 cm³/mol. The molecule has 1 aromatic heterocycles. The SMILES string of the molecule is c1ccc(-c2c(-c3ccccc3)c(-c3ccccc3)c3cc(-c4ccc(N(c5ccccc5)c5ccc6oc7ccccc7c6c5)cc4)ccc3c2-c2ccccc2)cc1. The Morgan fingerprint density at radius 3 is 1.25 bits per heavy atom. The Kier molecular flexibility index (Phi) is 8.87. The summed E-state index contributed by atoms with van der Waals surface area (Å²) in [6.07, 6.45) is 0. The molecule has 0 saturated heterocycles. The molecule has 0 atom stereocenters. The van der Waals surface area contributed by atoms with Crippen LogP contribution in [0.1, 0.15) is 0 Å². The summed E-state index contributed by atoms with van der Waals surface area (Å²) in [6, 6.07) is 85.0. The van der Waals surface area contributed by atoms with Crippen molar-refractivity contribution < 1.29 is 4.42 Å². The molecule has 0 radical (unpaired) electrons. The largest absolute Gasteiger partial charge is 0.456 e. The van der Waals surface area contributed by atoms with Gasteiger partial charge in [0, 0.05) is 27.8 Å². The van der Waals surface area contributed by atoms with Gasteiger partial charge < -0.3 is 9.32 Å². The highest BCUT2D eigenvalue weighted by molar-refractivity contribution is 6.19. The number of hydrogen-bond acceptors (Lipinski definition) is 2. The number of anilines is 3. The summed E-state index contributed by atoms with van der Waals surface area (Å²) in [6.45, 7) is 0. The molecule has 0 aliphatic rings. The van der Waals surface area contributed by atoms with Crippen LogP contribution in [0, 0.1) is 0 Å². The lowest BCUT2D eigenvalue weighted by atomic mass is 9.78. The summed E-state index contributed by atoms with van der Waals surface area (Å²) in [5.41, 5.74) is 17.0. The van der Waals surface area contributed by atoms with E-state index < -0.39 is 0 Å². The molecule has 0 amide bonds. The van der Waals surface area contributed by atoms with E-state index in [0.717, 1.165) is 50.1 Å². The van der Waals surface area contributed by atoms with Gasteiger partial charge in [0.2, 0.25) is 0 Å². The van der Waals surface area contributed by atoms with Gasteiger partial charge in [0.15, 0.2) is 0 Å². The monoisotopic (exact) mass is 765 g/mol. The number of para-hydroxylation sites is 2. The van der Waals surface area contributed by atoms with Gasteiger partial charge in [0.25, 0.3) is 0 Å². The standard InChI is InChI=1S/C58H39NO/c1-6-18-41(19-7-1)55-50-36-32-45(38-52(50)56(42-20-8-2-9-21-42)58(44-24-12-4-13-25-44)57(55)43-22-10-3-11-23-43)40-30-33-47(34-31-40)59(46-26-14-5-15-27-46)48-35-37-54-51(39-48)49-28-16-17-29-53(49)60-54/h1-39H. The van der Waals surface area contributed by atoms with E-state index >= 15 is 0 Å². The van der Waals surface area contributed by atoms with Gasteiger partial charge in [-0.15, -0.1) is 0 Å². The van der Waals surface area contributed by atoms with Crippen LogP contribution >= 0.6 is 0 Å². The quantitative estimate of drug-likeness (QED) is 0.153. The fraction of sp³-hybridized carbons (Fsp3) is 0. The van der Waals surface area contributed by atoms with Crippen LogP contribution in [0.25, 0.3) is 88.3 Å². The van der Waals surface area contributed by atoms with Gasteiger partial charge in [-0.05, 0) is 121 Å². The fourth-order valence-electron chi connectivity index (χ4n) is 8.94. The van der Waals surface area contributed by atoms with Crippen molar-refractivity contribution in [2.75, 3.05) is 4.90 Å². The lowest BCUT2D eigenvalue weighted by Gasteiger charge is -2.26. The molecule has 0 N–H and O–H groups in total. The predicted octanol–water partition coefficient (Wildman–Crippen LogP) is 16.5. The van der Waals surface area contributed by atoms with Crippen molar-refractivity contribution in [3.05, 3.63) is 237 Å². The van der Waals surface area contributed by atoms with Crippen molar-refractivity contribution in [1.29, 1.82) is 0 Å². The van der Waals surface area contributed by atoms with E-state index in [-0.39, 0.29) is 0 Å². The van der Waals surface area contributed by atoms with E-state index in [1.807, 2.05) is 12.1 Å². The van der Waals surface area contributed by atoms with Crippen LogP contribution in [0.5, 0.6) is 0 Å². The van der Waals surface area contributed by atoms with Crippen LogP contribution in [0.15, 0.2) is 241 Å². The molecular weight excluding hydrogens is 727 g/mol. The molecule has 0 aliphatic heterocycles. The average Bonchev–Trinajstić information content (AvgIpc) is 3.70. The van der Waals surface area contributed by atoms with Gasteiger partial charge in [-0.3, -0.25) is 0 Å². The maximum absolute atomic E-state index is 6.21. The summed E-state index contributed by atoms with van der Waals surface area (Å²) >= 11 is 0. The van der Waals surface area contributed by atoms with Crippen molar-refractivity contribution in [2.45, 2.75) is 0 Å². The molecular formula is C58H39NO. The summed E-state index contributed by atoms with van der Waals surface area (Å²) < 4.78 is 6.21. The first-order chi connectivity index (χ1) is 29.8. The van der Waals surface area contributed by atoms with Gasteiger partial charge in [0.1, 0.15) is 11.2 Å². The summed E-state index contributed by atoms with van der Waals surface area (Å²) in [5, 5.41) is 4.65. The highest BCUT2D eigenvalue weighted by atomic mass is 16.3. The third-order valence-corrected chi connectivity index (χ3v) is 11.6. The zero-order chi connectivity index (χ0) is 39.8. The molecule has 0 saturated carbocycles. The Bertz CT molecular complexity index is 3270. The molecule has 10 aromatic carbocycles. The summed E-state index contributed by atoms with van der Waals surface area (Å²) in [7, 11) is 0. The van der Waals surface area contributed by atoms with Gasteiger partial charge in [0.05, 0.1) is 0 Å². The van der Waals surface area contributed by atoms with Crippen molar-refractivity contribution in [3.63, 3.8) is 0 Å². The smallest absolute Gasteiger partial charge is 0.135 e. The van der Waals surface area contributed by atoms with Gasteiger partial charge in [-0.2, -0.15) is 0 Å². The minimum absolute atomic E-state index is 0.885. The summed E-state index contributed by atoms with van der Waals surface area (Å²) in [5.74, 6) is 0. The van der Waals surface area contributed by atoms with Gasteiger partial charge >= 0.3 is 0 Å². The molecule has 1 heterocycles. The van der Waals surface area contributed by atoms with Crippen LogP contribution in [0.4, 0.5) is 17.1 Å². The molecule has 282 valence electrons. The Balaban J connectivity index is 1.12. The Hall–Kier alpha value is -7.94. The lowest BCUT2D eigenvalue weighted by molar-refractivity contribution is 0.669. The average molecular weight is 766 g/mol. The van der Waals surface area contributed by atoms with E-state index in [0.29, 0.717) is 0 Å². The molecule has 0 spiro atoms. The Morgan fingerprint density at radius 1 is 0.233 bits per heavy atom. The minimum atomic E-state index is 0.885. The van der Waals surface area contributed by atoms with E-state index in [2.05, 4.69) is 229 Å². The second-order valence-electron chi connectivity index (χ2n) is 15.2. The summed E-state index contributed by atoms with van der Waals surface area (Å²) in [4.78, 5) is 2.32. The van der Waals surface area contributed by atoms with Crippen molar-refractivity contribution in [2.24, 2.45) is 0 Å². The number of furan rings is 1. The lowest BCUT2D eigenvalue weighted by Crippen LogP contribution is -2.09. The first kappa shape index (κ1) is 35.2. The fourth-order valence-corrected chi connectivity index (χ4v) is 8.94. The number of benzene rings is 10. The second kappa shape index (κ2) is 15.1. The molecule has 0 aliphatic carbocycles. The molecule has 0 fully saturated rings. The van der Waals surface area contributed by atoms with Crippen molar-refractivity contribution >= 4 is 49.8 Å². The highest BCUT2D eigenvalue weighted by Crippen LogP contribution is 2.51. The van der Waals surface area contributed by atoms with Crippen molar-refractivity contribution in [3.8, 4) is 55.6 Å². The zero-order valence-corrected chi connectivity index (χ0v) is 32.9. The highest BCUT2D eigenvalue weighted by Gasteiger charge is 2.24. The van der Waals surface area contributed by atoms with E-state index in [9.17, 15) is 0 Å². The van der Waals surface area contributed by atoms with Crippen molar-refractivity contribution in [1.82, 2.24) is 0 Å². The van der Waals surface area contributed by atoms with E-state index in [1.54, 1.807) is 0 Å². The number of nitrogens with zero attached hydrogens (tertiary/aromatic N) is 1. The maximum Gasteiger partial charge on any atom is 0.135 e. The first-order valence-electron chi connectivity index (χ1n) is 20.5.